The van der Waals surface area contributed by atoms with Gasteiger partial charge >= 0.3 is 0 Å². The van der Waals surface area contributed by atoms with Gasteiger partial charge in [0.15, 0.2) is 5.78 Å². The minimum absolute atomic E-state index is 0.0782. The maximum absolute atomic E-state index is 12.7. The Kier molecular flexibility index (Phi) is 4.75. The van der Waals surface area contributed by atoms with Crippen molar-refractivity contribution in [2.75, 3.05) is 0 Å². The van der Waals surface area contributed by atoms with E-state index < -0.39 is 0 Å². The number of aryl methyl sites for hydroxylation is 2. The summed E-state index contributed by atoms with van der Waals surface area (Å²) >= 11 is 0. The molecule has 0 saturated heterocycles. The molecule has 26 heavy (non-hydrogen) atoms. The molecule has 3 rings (SSSR count). The van der Waals surface area contributed by atoms with Crippen LogP contribution in [0.5, 0.6) is 0 Å². The third-order valence-corrected chi connectivity index (χ3v) is 4.53. The Hall–Kier alpha value is -3.15. The number of carbonyl (C=O) groups excluding carboxylic acids is 2. The molecule has 1 aromatic carbocycles. The van der Waals surface area contributed by atoms with Crippen molar-refractivity contribution in [1.82, 2.24) is 19.9 Å². The van der Waals surface area contributed by atoms with E-state index in [1.807, 2.05) is 42.0 Å². The van der Waals surface area contributed by atoms with E-state index in [9.17, 15) is 9.59 Å². The number of para-hydroxylation sites is 1. The van der Waals surface area contributed by atoms with Gasteiger partial charge in [0.1, 0.15) is 5.82 Å². The van der Waals surface area contributed by atoms with Crippen molar-refractivity contribution in [3.63, 3.8) is 0 Å². The van der Waals surface area contributed by atoms with Gasteiger partial charge in [-0.3, -0.25) is 9.59 Å². The van der Waals surface area contributed by atoms with E-state index in [4.69, 9.17) is 0 Å². The summed E-state index contributed by atoms with van der Waals surface area (Å²) in [6.45, 7) is 7.40. The Morgan fingerprint density at radius 3 is 2.54 bits per heavy atom. The Morgan fingerprint density at radius 1 is 1.19 bits per heavy atom. The number of hydrogen-bond acceptors (Lipinski definition) is 3. The van der Waals surface area contributed by atoms with Crippen molar-refractivity contribution in [2.24, 2.45) is 0 Å². The molecule has 0 atom stereocenters. The van der Waals surface area contributed by atoms with Crippen LogP contribution in [0.2, 0.25) is 0 Å². The molecule has 0 fully saturated rings. The van der Waals surface area contributed by atoms with E-state index in [2.05, 4.69) is 15.3 Å². The van der Waals surface area contributed by atoms with E-state index in [-0.39, 0.29) is 11.7 Å². The van der Waals surface area contributed by atoms with Gasteiger partial charge < -0.3 is 14.9 Å². The molecule has 0 aliphatic heterocycles. The summed E-state index contributed by atoms with van der Waals surface area (Å²) in [5, 5.41) is 2.97. The lowest BCUT2D eigenvalue weighted by atomic mass is 10.1. The SMILES string of the molecule is CC(=O)c1[nH]c(C)c(C(=O)NCc2ccccc2-n2ccnc2C)c1C. The highest BCUT2D eigenvalue weighted by atomic mass is 16.1. The summed E-state index contributed by atoms with van der Waals surface area (Å²) in [6, 6.07) is 7.88. The van der Waals surface area contributed by atoms with E-state index in [0.717, 1.165) is 17.1 Å². The molecule has 0 unspecified atom stereocenters. The molecule has 0 aliphatic rings. The summed E-state index contributed by atoms with van der Waals surface area (Å²) in [7, 11) is 0. The molecule has 3 aromatic rings. The smallest absolute Gasteiger partial charge is 0.253 e. The maximum Gasteiger partial charge on any atom is 0.253 e. The molecule has 0 bridgehead atoms. The Balaban J connectivity index is 1.84. The quantitative estimate of drug-likeness (QED) is 0.693. The lowest BCUT2D eigenvalue weighted by Gasteiger charge is -2.13. The molecule has 2 heterocycles. The van der Waals surface area contributed by atoms with Gasteiger partial charge in [-0.15, -0.1) is 0 Å². The number of imidazole rings is 1. The van der Waals surface area contributed by atoms with Gasteiger partial charge in [-0.25, -0.2) is 4.98 Å². The number of amides is 1. The van der Waals surface area contributed by atoms with E-state index >= 15 is 0 Å². The first-order valence-electron chi connectivity index (χ1n) is 8.46. The third kappa shape index (κ3) is 3.18. The van der Waals surface area contributed by atoms with E-state index in [1.165, 1.54) is 6.92 Å². The lowest BCUT2D eigenvalue weighted by Crippen LogP contribution is -2.24. The van der Waals surface area contributed by atoms with Crippen molar-refractivity contribution in [3.8, 4) is 5.69 Å². The van der Waals surface area contributed by atoms with Crippen LogP contribution in [0.3, 0.4) is 0 Å². The highest BCUT2D eigenvalue weighted by Crippen LogP contribution is 2.20. The van der Waals surface area contributed by atoms with Crippen molar-refractivity contribution in [2.45, 2.75) is 34.2 Å². The zero-order chi connectivity index (χ0) is 18.8. The van der Waals surface area contributed by atoms with Crippen LogP contribution in [-0.2, 0) is 6.54 Å². The predicted octanol–water partition coefficient (Wildman–Crippen LogP) is 3.26. The Morgan fingerprint density at radius 2 is 1.92 bits per heavy atom. The highest BCUT2D eigenvalue weighted by molar-refractivity contribution is 6.02. The summed E-state index contributed by atoms with van der Waals surface area (Å²) < 4.78 is 1.99. The minimum atomic E-state index is -0.194. The van der Waals surface area contributed by atoms with Crippen LogP contribution in [0.15, 0.2) is 36.7 Å². The largest absolute Gasteiger partial charge is 0.355 e. The number of H-pyrrole nitrogens is 1. The van der Waals surface area contributed by atoms with Crippen LogP contribution in [0.25, 0.3) is 5.69 Å². The first kappa shape index (κ1) is 17.7. The Labute approximate surface area is 152 Å². The van der Waals surface area contributed by atoms with Gasteiger partial charge in [0, 0.05) is 31.6 Å². The number of carbonyl (C=O) groups is 2. The number of hydrogen-bond donors (Lipinski definition) is 2. The predicted molar refractivity (Wildman–Crippen MR) is 99.7 cm³/mol. The molecule has 0 spiro atoms. The monoisotopic (exact) mass is 350 g/mol. The van der Waals surface area contributed by atoms with Gasteiger partial charge in [-0.05, 0) is 38.0 Å². The summed E-state index contributed by atoms with van der Waals surface area (Å²) in [4.78, 5) is 31.6. The van der Waals surface area contributed by atoms with Crippen LogP contribution in [0, 0.1) is 20.8 Å². The molecule has 1 amide bonds. The van der Waals surface area contributed by atoms with Crippen molar-refractivity contribution < 1.29 is 9.59 Å². The normalized spacial score (nSPS) is 10.8. The van der Waals surface area contributed by atoms with Gasteiger partial charge in [0.05, 0.1) is 16.9 Å². The first-order valence-corrected chi connectivity index (χ1v) is 8.46. The fourth-order valence-electron chi connectivity index (χ4n) is 3.23. The van der Waals surface area contributed by atoms with Gasteiger partial charge in [-0.2, -0.15) is 0 Å². The molecule has 6 heteroatoms. The second kappa shape index (κ2) is 7.00. The summed E-state index contributed by atoms with van der Waals surface area (Å²) in [5.41, 5.74) is 4.37. The number of nitrogens with one attached hydrogen (secondary N) is 2. The van der Waals surface area contributed by atoms with E-state index in [1.54, 1.807) is 20.0 Å². The topological polar surface area (TPSA) is 79.8 Å². The number of ketones is 1. The van der Waals surface area contributed by atoms with E-state index in [0.29, 0.717) is 29.1 Å². The van der Waals surface area contributed by atoms with Crippen molar-refractivity contribution in [3.05, 3.63) is 70.6 Å². The standard InChI is InChI=1S/C20H22N4O2/c1-12-18(13(2)23-19(12)14(3)25)20(26)22-11-16-7-5-6-8-17(16)24-10-9-21-15(24)4/h5-10,23H,11H2,1-4H3,(H,22,26). The first-order chi connectivity index (χ1) is 12.4. The fraction of sp³-hybridized carbons (Fsp3) is 0.250. The number of aromatic amines is 1. The zero-order valence-electron chi connectivity index (χ0n) is 15.4. The molecule has 2 aromatic heterocycles. The van der Waals surface area contributed by atoms with Crippen LogP contribution in [-0.4, -0.2) is 26.2 Å². The number of rotatable bonds is 5. The van der Waals surface area contributed by atoms with Crippen LogP contribution in [0.1, 0.15) is 50.4 Å². The summed E-state index contributed by atoms with van der Waals surface area (Å²) in [5.74, 6) is 0.610. The van der Waals surface area contributed by atoms with Crippen LogP contribution in [0.4, 0.5) is 0 Å². The van der Waals surface area contributed by atoms with Crippen molar-refractivity contribution >= 4 is 11.7 Å². The Bertz CT molecular complexity index is 982. The van der Waals surface area contributed by atoms with Crippen LogP contribution < -0.4 is 5.32 Å². The molecular weight excluding hydrogens is 328 g/mol. The second-order valence-corrected chi connectivity index (χ2v) is 6.34. The average Bonchev–Trinajstić information content (AvgIpc) is 3.16. The maximum atomic E-state index is 12.7. The number of benzene rings is 1. The molecule has 0 saturated carbocycles. The molecule has 2 N–H and O–H groups in total. The molecule has 134 valence electrons. The number of Topliss-reactive ketones (excluding diaryl/α,β-unsaturated/α-hetero) is 1. The molecule has 0 aliphatic carbocycles. The number of aromatic nitrogens is 3. The number of nitrogens with zero attached hydrogens (tertiary/aromatic N) is 2. The molecule has 6 nitrogen and oxygen atoms in total. The van der Waals surface area contributed by atoms with Crippen LogP contribution >= 0.6 is 0 Å². The minimum Gasteiger partial charge on any atom is -0.355 e. The highest BCUT2D eigenvalue weighted by Gasteiger charge is 2.20. The van der Waals surface area contributed by atoms with Gasteiger partial charge in [0.25, 0.3) is 5.91 Å². The fourth-order valence-corrected chi connectivity index (χ4v) is 3.23. The second-order valence-electron chi connectivity index (χ2n) is 6.34. The average molecular weight is 350 g/mol. The van der Waals surface area contributed by atoms with Crippen molar-refractivity contribution in [1.29, 1.82) is 0 Å². The van der Waals surface area contributed by atoms with Gasteiger partial charge in [-0.1, -0.05) is 18.2 Å². The third-order valence-electron chi connectivity index (χ3n) is 4.53. The molecule has 0 radical (unpaired) electrons. The lowest BCUT2D eigenvalue weighted by molar-refractivity contribution is 0.0949. The summed E-state index contributed by atoms with van der Waals surface area (Å²) in [6.07, 6.45) is 3.65. The molecular formula is C20H22N4O2. The zero-order valence-corrected chi connectivity index (χ0v) is 15.4. The van der Waals surface area contributed by atoms with Gasteiger partial charge in [0.2, 0.25) is 0 Å².